The largest absolute Gasteiger partial charge is 0.348 e. The van der Waals surface area contributed by atoms with Gasteiger partial charge in [0.15, 0.2) is 0 Å². The van der Waals surface area contributed by atoms with Gasteiger partial charge in [0.1, 0.15) is 6.54 Å². The van der Waals surface area contributed by atoms with Crippen molar-refractivity contribution >= 4 is 27.7 Å². The maximum absolute atomic E-state index is 12.5. The van der Waals surface area contributed by atoms with Crippen molar-refractivity contribution in [2.24, 2.45) is 0 Å². The SMILES string of the molecule is CN(C)C(=O)CN1CCCN(C(=O)Cn2cc(Br)ccc2=O)CC1. The number of carbonyl (C=O) groups is 2. The molecule has 0 atom stereocenters. The second-order valence-corrected chi connectivity index (χ2v) is 7.03. The highest BCUT2D eigenvalue weighted by Crippen LogP contribution is 2.07. The van der Waals surface area contributed by atoms with Crippen LogP contribution in [0.5, 0.6) is 0 Å². The van der Waals surface area contributed by atoms with Crippen molar-refractivity contribution in [1.29, 1.82) is 0 Å². The Morgan fingerprint density at radius 3 is 2.58 bits per heavy atom. The van der Waals surface area contributed by atoms with E-state index >= 15 is 0 Å². The van der Waals surface area contributed by atoms with Gasteiger partial charge in [0, 0.05) is 57.0 Å². The highest BCUT2D eigenvalue weighted by atomic mass is 79.9. The maximum atomic E-state index is 12.5. The molecule has 0 aromatic carbocycles. The fraction of sp³-hybridized carbons (Fsp3) is 0.562. The highest BCUT2D eigenvalue weighted by molar-refractivity contribution is 9.10. The van der Waals surface area contributed by atoms with Gasteiger partial charge in [0.2, 0.25) is 11.8 Å². The summed E-state index contributed by atoms with van der Waals surface area (Å²) < 4.78 is 2.17. The molecule has 1 aromatic heterocycles. The van der Waals surface area contributed by atoms with E-state index < -0.39 is 0 Å². The lowest BCUT2D eigenvalue weighted by molar-refractivity contribution is -0.131. The lowest BCUT2D eigenvalue weighted by Gasteiger charge is -2.23. The summed E-state index contributed by atoms with van der Waals surface area (Å²) in [5.74, 6) is -0.00792. The smallest absolute Gasteiger partial charge is 0.251 e. The van der Waals surface area contributed by atoms with Crippen molar-refractivity contribution in [3.8, 4) is 0 Å². The lowest BCUT2D eigenvalue weighted by atomic mass is 10.3. The van der Waals surface area contributed by atoms with Crippen molar-refractivity contribution in [3.05, 3.63) is 33.2 Å². The molecule has 1 aromatic rings. The Morgan fingerprint density at radius 2 is 1.88 bits per heavy atom. The van der Waals surface area contributed by atoms with Crippen LogP contribution in [0.2, 0.25) is 0 Å². The monoisotopic (exact) mass is 398 g/mol. The molecule has 2 rings (SSSR count). The van der Waals surface area contributed by atoms with Crippen molar-refractivity contribution in [2.45, 2.75) is 13.0 Å². The minimum atomic E-state index is -0.195. The normalized spacial score (nSPS) is 15.9. The summed E-state index contributed by atoms with van der Waals surface area (Å²) in [6.45, 7) is 3.09. The van der Waals surface area contributed by atoms with E-state index in [9.17, 15) is 14.4 Å². The first-order valence-corrected chi connectivity index (χ1v) is 8.72. The molecule has 0 unspecified atom stereocenters. The molecule has 1 aliphatic heterocycles. The summed E-state index contributed by atoms with van der Waals surface area (Å²) in [4.78, 5) is 41.5. The average Bonchev–Trinajstić information content (AvgIpc) is 2.76. The van der Waals surface area contributed by atoms with Gasteiger partial charge < -0.3 is 14.4 Å². The quantitative estimate of drug-likeness (QED) is 0.728. The number of rotatable bonds is 4. The van der Waals surface area contributed by atoms with Gasteiger partial charge in [0.05, 0.1) is 6.54 Å². The number of halogens is 1. The third-order valence-corrected chi connectivity index (χ3v) is 4.52. The average molecular weight is 399 g/mol. The van der Waals surface area contributed by atoms with E-state index in [1.54, 1.807) is 36.2 Å². The predicted octanol–water partition coefficient (Wildman–Crippen LogP) is 0.233. The summed E-state index contributed by atoms with van der Waals surface area (Å²) in [7, 11) is 3.48. The molecule has 0 spiro atoms. The molecule has 8 heteroatoms. The van der Waals surface area contributed by atoms with E-state index in [4.69, 9.17) is 0 Å². The van der Waals surface area contributed by atoms with Crippen molar-refractivity contribution in [3.63, 3.8) is 0 Å². The van der Waals surface area contributed by atoms with Crippen LogP contribution < -0.4 is 5.56 Å². The van der Waals surface area contributed by atoms with Crippen LogP contribution in [0.1, 0.15) is 6.42 Å². The van der Waals surface area contributed by atoms with Crippen LogP contribution in [0.25, 0.3) is 0 Å². The van der Waals surface area contributed by atoms with Crippen molar-refractivity contribution in [1.82, 2.24) is 19.3 Å². The van der Waals surface area contributed by atoms with Crippen molar-refractivity contribution < 1.29 is 9.59 Å². The van der Waals surface area contributed by atoms with Gasteiger partial charge in [-0.25, -0.2) is 0 Å². The Bertz CT molecular complexity index is 659. The third-order valence-electron chi connectivity index (χ3n) is 4.05. The number of likely N-dealkylation sites (N-methyl/N-ethyl adjacent to an activating group) is 1. The molecule has 1 saturated heterocycles. The summed E-state index contributed by atoms with van der Waals surface area (Å²) in [6.07, 6.45) is 2.44. The summed E-state index contributed by atoms with van der Waals surface area (Å²) in [5, 5.41) is 0. The molecule has 0 radical (unpaired) electrons. The van der Waals surface area contributed by atoms with Gasteiger partial charge in [0.25, 0.3) is 5.56 Å². The molecule has 132 valence electrons. The Balaban J connectivity index is 1.93. The molecule has 1 fully saturated rings. The molecule has 24 heavy (non-hydrogen) atoms. The van der Waals surface area contributed by atoms with Crippen LogP contribution in [0.3, 0.4) is 0 Å². The third kappa shape index (κ3) is 5.17. The molecule has 0 bridgehead atoms. The van der Waals surface area contributed by atoms with Crippen LogP contribution >= 0.6 is 15.9 Å². The molecule has 7 nitrogen and oxygen atoms in total. The van der Waals surface area contributed by atoms with Gasteiger partial charge in [-0.15, -0.1) is 0 Å². The van der Waals surface area contributed by atoms with E-state index in [2.05, 4.69) is 20.8 Å². The first kappa shape index (κ1) is 18.7. The molecule has 2 heterocycles. The van der Waals surface area contributed by atoms with E-state index in [0.29, 0.717) is 26.2 Å². The number of carbonyl (C=O) groups excluding carboxylic acids is 2. The second-order valence-electron chi connectivity index (χ2n) is 6.11. The minimum absolute atomic E-state index is 0.0366. The zero-order valence-corrected chi connectivity index (χ0v) is 15.7. The maximum Gasteiger partial charge on any atom is 0.251 e. The van der Waals surface area contributed by atoms with Gasteiger partial charge in [-0.3, -0.25) is 19.3 Å². The van der Waals surface area contributed by atoms with E-state index in [1.165, 1.54) is 10.6 Å². The summed E-state index contributed by atoms with van der Waals surface area (Å²) in [5.41, 5.74) is -0.195. The fourth-order valence-corrected chi connectivity index (χ4v) is 2.96. The number of hydrogen-bond acceptors (Lipinski definition) is 4. The number of aromatic nitrogens is 1. The number of pyridine rings is 1. The number of hydrogen-bond donors (Lipinski definition) is 0. The topological polar surface area (TPSA) is 65.9 Å². The van der Waals surface area contributed by atoms with Crippen LogP contribution in [0, 0.1) is 0 Å². The highest BCUT2D eigenvalue weighted by Gasteiger charge is 2.21. The van der Waals surface area contributed by atoms with Gasteiger partial charge in [-0.05, 0) is 28.4 Å². The van der Waals surface area contributed by atoms with E-state index in [0.717, 1.165) is 17.4 Å². The predicted molar refractivity (Wildman–Crippen MR) is 94.7 cm³/mol. The molecule has 0 saturated carbocycles. The first-order chi connectivity index (χ1) is 11.4. The van der Waals surface area contributed by atoms with Gasteiger partial charge in [-0.1, -0.05) is 0 Å². The molecular formula is C16H23BrN4O3. The van der Waals surface area contributed by atoms with Crippen LogP contribution in [0.4, 0.5) is 0 Å². The molecule has 2 amide bonds. The fourth-order valence-electron chi connectivity index (χ4n) is 2.58. The van der Waals surface area contributed by atoms with Crippen LogP contribution in [0.15, 0.2) is 27.6 Å². The Hall–Kier alpha value is -1.67. The Morgan fingerprint density at radius 1 is 1.12 bits per heavy atom. The second kappa shape index (κ2) is 8.43. The first-order valence-electron chi connectivity index (χ1n) is 7.93. The molecular weight excluding hydrogens is 376 g/mol. The van der Waals surface area contributed by atoms with E-state index in [1.807, 2.05) is 0 Å². The summed E-state index contributed by atoms with van der Waals surface area (Å²) in [6, 6.07) is 3.10. The minimum Gasteiger partial charge on any atom is -0.348 e. The molecule has 1 aliphatic rings. The standard InChI is InChI=1S/C16H23BrN4O3/c1-18(2)15(23)11-19-6-3-7-20(9-8-19)16(24)12-21-10-13(17)4-5-14(21)22/h4-5,10H,3,6-9,11-12H2,1-2H3. The molecule has 0 N–H and O–H groups in total. The van der Waals surface area contributed by atoms with Gasteiger partial charge >= 0.3 is 0 Å². The number of amides is 2. The van der Waals surface area contributed by atoms with Crippen molar-refractivity contribution in [2.75, 3.05) is 46.8 Å². The van der Waals surface area contributed by atoms with E-state index in [-0.39, 0.29) is 23.9 Å². The zero-order valence-electron chi connectivity index (χ0n) is 14.1. The summed E-state index contributed by atoms with van der Waals surface area (Å²) >= 11 is 3.31. The zero-order chi connectivity index (χ0) is 17.7. The van der Waals surface area contributed by atoms with Crippen LogP contribution in [-0.4, -0.2) is 77.9 Å². The Labute approximate surface area is 150 Å². The Kier molecular flexibility index (Phi) is 6.56. The van der Waals surface area contributed by atoms with Gasteiger partial charge in [-0.2, -0.15) is 0 Å². The number of nitrogens with zero attached hydrogens (tertiary/aromatic N) is 4. The lowest BCUT2D eigenvalue weighted by Crippen LogP contribution is -2.41. The molecule has 0 aliphatic carbocycles. The van der Waals surface area contributed by atoms with Crippen LogP contribution in [-0.2, 0) is 16.1 Å².